The molecule has 0 aromatic carbocycles. The number of hydrogen-bond donors (Lipinski definition) is 2. The summed E-state index contributed by atoms with van der Waals surface area (Å²) >= 11 is 1.17. The largest absolute Gasteiger partial charge is 0.348 e. The Kier molecular flexibility index (Phi) is 4.16. The van der Waals surface area contributed by atoms with Crippen LogP contribution in [0.2, 0.25) is 0 Å². The Morgan fingerprint density at radius 1 is 1.63 bits per heavy atom. The standard InChI is InChI=1S/C12H17N3O3S/c1-7-6-13-4-3-9(7)14-12(16)11-5-10(15(17)18)8(2)19-11/h5,7,9,13H,3-4,6H2,1-2H3,(H,14,16). The van der Waals surface area contributed by atoms with Gasteiger partial charge in [0.2, 0.25) is 0 Å². The van der Waals surface area contributed by atoms with Crippen LogP contribution in [0.3, 0.4) is 0 Å². The molecule has 104 valence electrons. The smallest absolute Gasteiger partial charge is 0.283 e. The van der Waals surface area contributed by atoms with Gasteiger partial charge in [0.1, 0.15) is 0 Å². The van der Waals surface area contributed by atoms with Crippen LogP contribution >= 0.6 is 11.3 Å². The maximum Gasteiger partial charge on any atom is 0.283 e. The van der Waals surface area contributed by atoms with E-state index in [9.17, 15) is 14.9 Å². The fourth-order valence-electron chi connectivity index (χ4n) is 2.23. The molecule has 1 amide bonds. The molecule has 2 N–H and O–H groups in total. The molecule has 0 saturated carbocycles. The summed E-state index contributed by atoms with van der Waals surface area (Å²) in [5, 5.41) is 17.0. The third-order valence-electron chi connectivity index (χ3n) is 3.41. The van der Waals surface area contributed by atoms with Gasteiger partial charge in [-0.05, 0) is 32.4 Å². The summed E-state index contributed by atoms with van der Waals surface area (Å²) in [5.74, 6) is 0.161. The summed E-state index contributed by atoms with van der Waals surface area (Å²) in [7, 11) is 0. The highest BCUT2D eigenvalue weighted by Gasteiger charge is 2.25. The number of thiophene rings is 1. The second-order valence-corrected chi connectivity index (χ2v) is 6.12. The van der Waals surface area contributed by atoms with Gasteiger partial charge >= 0.3 is 0 Å². The lowest BCUT2D eigenvalue weighted by Gasteiger charge is -2.30. The van der Waals surface area contributed by atoms with E-state index in [1.165, 1.54) is 17.4 Å². The third kappa shape index (κ3) is 3.10. The molecule has 1 saturated heterocycles. The number of nitrogens with zero attached hydrogens (tertiary/aromatic N) is 1. The molecule has 0 bridgehead atoms. The number of nitro groups is 1. The molecule has 1 aliphatic heterocycles. The number of hydrogen-bond acceptors (Lipinski definition) is 5. The average Bonchev–Trinajstić information content (AvgIpc) is 2.74. The molecule has 1 aliphatic rings. The van der Waals surface area contributed by atoms with E-state index >= 15 is 0 Å². The molecule has 1 aromatic heterocycles. The van der Waals surface area contributed by atoms with Gasteiger partial charge in [-0.3, -0.25) is 14.9 Å². The number of carbonyl (C=O) groups is 1. The molecule has 2 atom stereocenters. The monoisotopic (exact) mass is 283 g/mol. The maximum atomic E-state index is 12.1. The van der Waals surface area contributed by atoms with Gasteiger partial charge < -0.3 is 10.6 Å². The van der Waals surface area contributed by atoms with Crippen LogP contribution < -0.4 is 10.6 Å². The van der Waals surface area contributed by atoms with Crippen molar-refractivity contribution in [2.24, 2.45) is 5.92 Å². The Labute approximate surface area is 115 Å². The van der Waals surface area contributed by atoms with E-state index in [0.717, 1.165) is 19.5 Å². The van der Waals surface area contributed by atoms with Gasteiger partial charge in [0.15, 0.2) is 0 Å². The number of nitrogens with one attached hydrogen (secondary N) is 2. The molecular weight excluding hydrogens is 266 g/mol. The summed E-state index contributed by atoms with van der Waals surface area (Å²) in [6.07, 6.45) is 0.888. The maximum absolute atomic E-state index is 12.1. The van der Waals surface area contributed by atoms with Crippen LogP contribution in [0, 0.1) is 23.0 Å². The van der Waals surface area contributed by atoms with Gasteiger partial charge in [0.05, 0.1) is 14.7 Å². The number of rotatable bonds is 3. The molecule has 0 aliphatic carbocycles. The number of aryl methyl sites for hydroxylation is 1. The number of carbonyl (C=O) groups excluding carboxylic acids is 1. The van der Waals surface area contributed by atoms with Gasteiger partial charge in [-0.15, -0.1) is 11.3 Å². The molecule has 0 spiro atoms. The third-order valence-corrected chi connectivity index (χ3v) is 4.45. The van der Waals surface area contributed by atoms with Gasteiger partial charge in [-0.2, -0.15) is 0 Å². The Morgan fingerprint density at radius 2 is 2.37 bits per heavy atom. The van der Waals surface area contributed by atoms with E-state index in [1.54, 1.807) is 6.92 Å². The van der Waals surface area contributed by atoms with E-state index in [0.29, 0.717) is 15.7 Å². The van der Waals surface area contributed by atoms with Crippen LogP contribution in [0.25, 0.3) is 0 Å². The molecule has 19 heavy (non-hydrogen) atoms. The van der Waals surface area contributed by atoms with Crippen molar-refractivity contribution in [2.45, 2.75) is 26.3 Å². The zero-order valence-corrected chi connectivity index (χ0v) is 11.8. The van der Waals surface area contributed by atoms with Crippen LogP contribution in [-0.4, -0.2) is 30.0 Å². The highest BCUT2D eigenvalue weighted by Crippen LogP contribution is 2.28. The lowest BCUT2D eigenvalue weighted by atomic mass is 9.95. The van der Waals surface area contributed by atoms with Crippen LogP contribution in [0.1, 0.15) is 27.9 Å². The highest BCUT2D eigenvalue weighted by molar-refractivity contribution is 7.14. The van der Waals surface area contributed by atoms with Crippen molar-refractivity contribution < 1.29 is 9.72 Å². The van der Waals surface area contributed by atoms with E-state index in [4.69, 9.17) is 0 Å². The molecular formula is C12H17N3O3S. The Balaban J connectivity index is 2.07. The van der Waals surface area contributed by atoms with Crippen LogP contribution in [0.4, 0.5) is 5.69 Å². The van der Waals surface area contributed by atoms with E-state index < -0.39 is 4.92 Å². The minimum atomic E-state index is -0.449. The first kappa shape index (κ1) is 14.0. The Morgan fingerprint density at radius 3 is 2.95 bits per heavy atom. The fourth-order valence-corrected chi connectivity index (χ4v) is 3.12. The minimum absolute atomic E-state index is 0.0218. The van der Waals surface area contributed by atoms with Crippen LogP contribution in [0.5, 0.6) is 0 Å². The highest BCUT2D eigenvalue weighted by atomic mass is 32.1. The Hall–Kier alpha value is -1.47. The molecule has 0 radical (unpaired) electrons. The predicted molar refractivity (Wildman–Crippen MR) is 73.6 cm³/mol. The van der Waals surface area contributed by atoms with E-state index in [-0.39, 0.29) is 17.6 Å². The van der Waals surface area contributed by atoms with E-state index in [2.05, 4.69) is 17.6 Å². The summed E-state index contributed by atoms with van der Waals surface area (Å²) in [6, 6.07) is 1.50. The summed E-state index contributed by atoms with van der Waals surface area (Å²) in [4.78, 5) is 23.4. The molecule has 2 heterocycles. The molecule has 6 nitrogen and oxygen atoms in total. The van der Waals surface area contributed by atoms with Crippen molar-refractivity contribution in [1.82, 2.24) is 10.6 Å². The molecule has 1 aromatic rings. The van der Waals surface area contributed by atoms with Gasteiger partial charge in [0.25, 0.3) is 11.6 Å². The van der Waals surface area contributed by atoms with Crippen molar-refractivity contribution >= 4 is 22.9 Å². The molecule has 2 rings (SSSR count). The first-order valence-corrected chi connectivity index (χ1v) is 7.07. The zero-order chi connectivity index (χ0) is 14.0. The lowest BCUT2D eigenvalue weighted by molar-refractivity contribution is -0.385. The van der Waals surface area contributed by atoms with Crippen molar-refractivity contribution in [3.63, 3.8) is 0 Å². The van der Waals surface area contributed by atoms with Crippen LogP contribution in [-0.2, 0) is 0 Å². The second-order valence-electron chi connectivity index (χ2n) is 4.86. The second kappa shape index (κ2) is 5.66. The predicted octanol–water partition coefficient (Wildman–Crippen LogP) is 1.69. The van der Waals surface area contributed by atoms with E-state index in [1.807, 2.05) is 0 Å². The SMILES string of the molecule is Cc1sc(C(=O)NC2CCNCC2C)cc1[N+](=O)[O-]. The Bertz CT molecular complexity index is 500. The average molecular weight is 283 g/mol. The zero-order valence-electron chi connectivity index (χ0n) is 10.9. The fraction of sp³-hybridized carbons (Fsp3) is 0.583. The van der Waals surface area contributed by atoms with Crippen molar-refractivity contribution in [2.75, 3.05) is 13.1 Å². The summed E-state index contributed by atoms with van der Waals surface area (Å²) in [6.45, 7) is 5.51. The van der Waals surface area contributed by atoms with Gasteiger partial charge in [-0.25, -0.2) is 0 Å². The van der Waals surface area contributed by atoms with Crippen molar-refractivity contribution in [1.29, 1.82) is 0 Å². The van der Waals surface area contributed by atoms with Crippen molar-refractivity contribution in [3.05, 3.63) is 25.9 Å². The van der Waals surface area contributed by atoms with Gasteiger partial charge in [-0.1, -0.05) is 6.92 Å². The molecule has 7 heteroatoms. The number of piperidine rings is 1. The minimum Gasteiger partial charge on any atom is -0.348 e. The summed E-state index contributed by atoms with van der Waals surface area (Å²) < 4.78 is 0. The first-order chi connectivity index (χ1) is 8.99. The molecule has 2 unspecified atom stereocenters. The van der Waals surface area contributed by atoms with Crippen molar-refractivity contribution in [3.8, 4) is 0 Å². The number of amides is 1. The topological polar surface area (TPSA) is 84.3 Å². The molecule has 1 fully saturated rings. The summed E-state index contributed by atoms with van der Waals surface area (Å²) in [5.41, 5.74) is 0.0218. The van der Waals surface area contributed by atoms with Gasteiger partial charge in [0, 0.05) is 12.1 Å². The first-order valence-electron chi connectivity index (χ1n) is 6.25. The normalized spacial score (nSPS) is 23.1. The lowest BCUT2D eigenvalue weighted by Crippen LogP contribution is -2.48. The van der Waals surface area contributed by atoms with Crippen LogP contribution in [0.15, 0.2) is 6.07 Å². The quantitative estimate of drug-likeness (QED) is 0.653.